The Morgan fingerprint density at radius 1 is 1.00 bits per heavy atom. The predicted molar refractivity (Wildman–Crippen MR) is 125 cm³/mol. The van der Waals surface area contributed by atoms with Crippen LogP contribution in [0.25, 0.3) is 21.9 Å². The maximum atomic E-state index is 10.8. The fourth-order valence-corrected chi connectivity index (χ4v) is 3.81. The summed E-state index contributed by atoms with van der Waals surface area (Å²) >= 11 is 0. The average molecular weight is 409 g/mol. The number of H-pyrrole nitrogens is 2. The highest BCUT2D eigenvalue weighted by Crippen LogP contribution is 2.32. The molecular formula is C25H23N5O. The number of benzene rings is 3. The Morgan fingerprint density at radius 2 is 1.77 bits per heavy atom. The third-order valence-corrected chi connectivity index (χ3v) is 5.47. The summed E-state index contributed by atoms with van der Waals surface area (Å²) in [4.78, 5) is 15.5. The molecule has 0 aliphatic rings. The van der Waals surface area contributed by atoms with E-state index in [0.29, 0.717) is 11.3 Å². The molecule has 0 bridgehead atoms. The molecular weight excluding hydrogens is 386 g/mol. The summed E-state index contributed by atoms with van der Waals surface area (Å²) in [7, 11) is 0. The lowest BCUT2D eigenvalue weighted by atomic mass is 9.95. The molecule has 0 atom stereocenters. The molecule has 2 aromatic heterocycles. The number of nitrogens with one attached hydrogen (secondary N) is 2. The Labute approximate surface area is 179 Å². The van der Waals surface area contributed by atoms with Crippen molar-refractivity contribution in [3.05, 3.63) is 89.7 Å². The first kappa shape index (κ1) is 19.1. The molecule has 0 saturated heterocycles. The van der Waals surface area contributed by atoms with Crippen LogP contribution in [0.5, 0.6) is 5.88 Å². The van der Waals surface area contributed by atoms with Crippen molar-refractivity contribution in [3.63, 3.8) is 0 Å². The summed E-state index contributed by atoms with van der Waals surface area (Å²) in [6, 6.07) is 21.6. The van der Waals surface area contributed by atoms with Gasteiger partial charge in [0.05, 0.1) is 34.3 Å². The number of hydrogen-bond acceptors (Lipinski definition) is 4. The largest absolute Gasteiger partial charge is 0.494 e. The molecule has 0 fully saturated rings. The van der Waals surface area contributed by atoms with E-state index < -0.39 is 5.54 Å². The van der Waals surface area contributed by atoms with Gasteiger partial charge in [-0.25, -0.2) is 9.98 Å². The van der Waals surface area contributed by atoms with Gasteiger partial charge in [0.15, 0.2) is 5.88 Å². The summed E-state index contributed by atoms with van der Waals surface area (Å²) in [6.45, 7) is 3.95. The van der Waals surface area contributed by atoms with Gasteiger partial charge < -0.3 is 20.8 Å². The molecule has 0 unspecified atom stereocenters. The SMILES string of the molecule is CC(C)(N)c1ccc(N=C(c2ccc3nc[nH]c3c2)c2c(O)[nH]c3ccccc23)cc1. The van der Waals surface area contributed by atoms with Crippen molar-refractivity contribution in [2.24, 2.45) is 10.7 Å². The van der Waals surface area contributed by atoms with E-state index >= 15 is 0 Å². The van der Waals surface area contributed by atoms with Gasteiger partial charge in [0.25, 0.3) is 0 Å². The summed E-state index contributed by atoms with van der Waals surface area (Å²) in [5.41, 5.74) is 12.4. The van der Waals surface area contributed by atoms with Crippen LogP contribution in [0.15, 0.2) is 78.0 Å². The molecule has 5 rings (SSSR count). The van der Waals surface area contributed by atoms with Crippen molar-refractivity contribution in [3.8, 4) is 5.88 Å². The van der Waals surface area contributed by atoms with Gasteiger partial charge in [0.2, 0.25) is 0 Å². The van der Waals surface area contributed by atoms with Gasteiger partial charge in [-0.2, -0.15) is 0 Å². The zero-order valence-corrected chi connectivity index (χ0v) is 17.3. The average Bonchev–Trinajstić information content (AvgIpc) is 3.34. The number of nitrogens with two attached hydrogens (primary N) is 1. The molecule has 2 heterocycles. The van der Waals surface area contributed by atoms with E-state index in [4.69, 9.17) is 10.7 Å². The van der Waals surface area contributed by atoms with Gasteiger partial charge in [0, 0.05) is 22.0 Å². The molecule has 0 saturated carbocycles. The van der Waals surface area contributed by atoms with E-state index in [1.54, 1.807) is 6.33 Å². The highest BCUT2D eigenvalue weighted by Gasteiger charge is 2.19. The first-order chi connectivity index (χ1) is 14.9. The number of nitrogens with zero attached hydrogens (tertiary/aromatic N) is 2. The normalized spacial score (nSPS) is 12.7. The van der Waals surface area contributed by atoms with Crippen molar-refractivity contribution >= 4 is 33.3 Å². The third-order valence-electron chi connectivity index (χ3n) is 5.47. The van der Waals surface area contributed by atoms with E-state index in [1.165, 1.54) is 0 Å². The van der Waals surface area contributed by atoms with E-state index in [1.807, 2.05) is 80.6 Å². The Balaban J connectivity index is 1.72. The van der Waals surface area contributed by atoms with Crippen molar-refractivity contribution in [2.45, 2.75) is 19.4 Å². The van der Waals surface area contributed by atoms with Gasteiger partial charge in [-0.05, 0) is 49.7 Å². The highest BCUT2D eigenvalue weighted by molar-refractivity contribution is 6.22. The van der Waals surface area contributed by atoms with Crippen LogP contribution in [-0.4, -0.2) is 25.8 Å². The zero-order chi connectivity index (χ0) is 21.6. The van der Waals surface area contributed by atoms with Gasteiger partial charge in [-0.1, -0.05) is 36.4 Å². The molecule has 3 aromatic carbocycles. The predicted octanol–water partition coefficient (Wildman–Crippen LogP) is 5.11. The van der Waals surface area contributed by atoms with E-state index in [2.05, 4.69) is 15.0 Å². The van der Waals surface area contributed by atoms with Crippen LogP contribution in [0.3, 0.4) is 0 Å². The first-order valence-electron chi connectivity index (χ1n) is 10.1. The van der Waals surface area contributed by atoms with Crippen LogP contribution >= 0.6 is 0 Å². The maximum absolute atomic E-state index is 10.8. The number of aromatic nitrogens is 3. The molecule has 0 radical (unpaired) electrons. The van der Waals surface area contributed by atoms with E-state index in [9.17, 15) is 5.11 Å². The molecule has 154 valence electrons. The number of imidazole rings is 1. The van der Waals surface area contributed by atoms with E-state index in [0.717, 1.165) is 38.8 Å². The lowest BCUT2D eigenvalue weighted by Crippen LogP contribution is -2.28. The number of hydrogen-bond donors (Lipinski definition) is 4. The van der Waals surface area contributed by atoms with Crippen molar-refractivity contribution in [1.29, 1.82) is 0 Å². The third kappa shape index (κ3) is 3.47. The molecule has 31 heavy (non-hydrogen) atoms. The number of para-hydroxylation sites is 1. The standard InChI is InChI=1S/C25H23N5O/c1-25(2,26)16-8-10-17(11-9-16)29-23(15-7-12-20-21(13-15)28-14-27-20)22-18-5-3-4-6-19(18)30-24(22)31/h3-14,30-31H,26H2,1-2H3,(H,27,28). The van der Waals surface area contributed by atoms with Crippen molar-refractivity contribution in [1.82, 2.24) is 15.0 Å². The van der Waals surface area contributed by atoms with Crippen LogP contribution < -0.4 is 5.73 Å². The molecule has 6 heteroatoms. The first-order valence-corrected chi connectivity index (χ1v) is 10.1. The molecule has 6 nitrogen and oxygen atoms in total. The highest BCUT2D eigenvalue weighted by atomic mass is 16.3. The fraction of sp³-hybridized carbons (Fsp3) is 0.120. The van der Waals surface area contributed by atoms with Crippen molar-refractivity contribution < 1.29 is 5.11 Å². The number of aromatic amines is 2. The summed E-state index contributed by atoms with van der Waals surface area (Å²) in [5.74, 6) is 0.0874. The van der Waals surface area contributed by atoms with Crippen LogP contribution in [0.2, 0.25) is 0 Å². The van der Waals surface area contributed by atoms with Crippen LogP contribution in [0.1, 0.15) is 30.5 Å². The minimum absolute atomic E-state index is 0.0874. The van der Waals surface area contributed by atoms with Gasteiger partial charge in [0.1, 0.15) is 0 Å². The van der Waals surface area contributed by atoms with E-state index in [-0.39, 0.29) is 5.88 Å². The second-order valence-electron chi connectivity index (χ2n) is 8.26. The smallest absolute Gasteiger partial charge is 0.199 e. The minimum atomic E-state index is -0.425. The topological polar surface area (TPSA) is 103 Å². The molecule has 5 N–H and O–H groups in total. The molecule has 0 aliphatic heterocycles. The number of fused-ring (bicyclic) bond motifs is 2. The van der Waals surface area contributed by atoms with Crippen LogP contribution in [0, 0.1) is 0 Å². The Kier molecular flexibility index (Phi) is 4.38. The maximum Gasteiger partial charge on any atom is 0.199 e. The number of aliphatic imine (C=N–C) groups is 1. The monoisotopic (exact) mass is 409 g/mol. The van der Waals surface area contributed by atoms with Gasteiger partial charge in [-0.3, -0.25) is 0 Å². The molecule has 0 amide bonds. The lowest BCUT2D eigenvalue weighted by Gasteiger charge is -2.19. The second-order valence-corrected chi connectivity index (χ2v) is 8.26. The number of aromatic hydroxyl groups is 1. The Hall–Kier alpha value is -3.90. The Morgan fingerprint density at radius 3 is 2.55 bits per heavy atom. The fourth-order valence-electron chi connectivity index (χ4n) is 3.81. The molecule has 5 aromatic rings. The summed E-state index contributed by atoms with van der Waals surface area (Å²) < 4.78 is 0. The van der Waals surface area contributed by atoms with Crippen LogP contribution in [0.4, 0.5) is 5.69 Å². The molecule has 0 spiro atoms. The van der Waals surface area contributed by atoms with Gasteiger partial charge >= 0.3 is 0 Å². The zero-order valence-electron chi connectivity index (χ0n) is 17.3. The van der Waals surface area contributed by atoms with Crippen molar-refractivity contribution in [2.75, 3.05) is 0 Å². The van der Waals surface area contributed by atoms with Gasteiger partial charge in [-0.15, -0.1) is 0 Å². The summed E-state index contributed by atoms with van der Waals surface area (Å²) in [6.07, 6.45) is 1.67. The van der Waals surface area contributed by atoms with Crippen LogP contribution in [-0.2, 0) is 5.54 Å². The number of rotatable bonds is 4. The lowest BCUT2D eigenvalue weighted by molar-refractivity contribution is 0.457. The Bertz CT molecular complexity index is 1420. The second kappa shape index (κ2) is 7.11. The molecule has 0 aliphatic carbocycles. The quantitative estimate of drug-likeness (QED) is 0.310. The summed E-state index contributed by atoms with van der Waals surface area (Å²) in [5, 5.41) is 11.7. The minimum Gasteiger partial charge on any atom is -0.494 e.